The molecule has 0 N–H and O–H groups in total. The van der Waals surface area contributed by atoms with Gasteiger partial charge in [0.15, 0.2) is 0 Å². The largest absolute Gasteiger partial charge is 0.331 e. The number of aromatic nitrogens is 2. The summed E-state index contributed by atoms with van der Waals surface area (Å²) < 4.78 is 4.03. The Morgan fingerprint density at radius 3 is 2.06 bits per heavy atom. The lowest BCUT2D eigenvalue weighted by Gasteiger charge is -2.15. The SMILES string of the molecule is Cc1ccc(-n2c(-c3ccccc3)cc3c4ccccc4n(Cc4ccccc4)c3c2=O)cc1. The van der Waals surface area contributed by atoms with E-state index in [4.69, 9.17) is 0 Å². The van der Waals surface area contributed by atoms with E-state index in [-0.39, 0.29) is 5.56 Å². The molecule has 3 nitrogen and oxygen atoms in total. The molecule has 164 valence electrons. The second-order valence-electron chi connectivity index (χ2n) is 8.72. The van der Waals surface area contributed by atoms with E-state index >= 15 is 0 Å². The second kappa shape index (κ2) is 8.20. The molecule has 0 saturated heterocycles. The Hall–Kier alpha value is -4.37. The molecule has 4 aromatic carbocycles. The Kier molecular flexibility index (Phi) is 4.88. The van der Waals surface area contributed by atoms with E-state index in [1.807, 2.05) is 65.2 Å². The van der Waals surface area contributed by atoms with Gasteiger partial charge in [0.2, 0.25) is 0 Å². The number of pyridine rings is 1. The lowest BCUT2D eigenvalue weighted by Crippen LogP contribution is -2.22. The van der Waals surface area contributed by atoms with Crippen molar-refractivity contribution >= 4 is 21.8 Å². The molecule has 2 aromatic heterocycles. The quantitative estimate of drug-likeness (QED) is 0.291. The Labute approximate surface area is 198 Å². The molecule has 34 heavy (non-hydrogen) atoms. The van der Waals surface area contributed by atoms with Gasteiger partial charge in [0.1, 0.15) is 5.52 Å². The highest BCUT2D eigenvalue weighted by Crippen LogP contribution is 2.32. The van der Waals surface area contributed by atoms with E-state index in [0.717, 1.165) is 44.3 Å². The summed E-state index contributed by atoms with van der Waals surface area (Å²) in [7, 11) is 0. The van der Waals surface area contributed by atoms with Crippen LogP contribution in [0.1, 0.15) is 11.1 Å². The van der Waals surface area contributed by atoms with Gasteiger partial charge >= 0.3 is 0 Å². The van der Waals surface area contributed by atoms with Crippen LogP contribution < -0.4 is 5.56 Å². The van der Waals surface area contributed by atoms with Gasteiger partial charge in [0.25, 0.3) is 5.56 Å². The molecule has 0 aliphatic heterocycles. The summed E-state index contributed by atoms with van der Waals surface area (Å²) >= 11 is 0. The molecule has 0 spiro atoms. The van der Waals surface area contributed by atoms with Crippen molar-refractivity contribution < 1.29 is 0 Å². The van der Waals surface area contributed by atoms with E-state index < -0.39 is 0 Å². The van der Waals surface area contributed by atoms with Crippen molar-refractivity contribution in [3.05, 3.63) is 137 Å². The number of nitrogens with zero attached hydrogens (tertiary/aromatic N) is 2. The van der Waals surface area contributed by atoms with E-state index in [0.29, 0.717) is 6.54 Å². The van der Waals surface area contributed by atoms with E-state index in [9.17, 15) is 4.79 Å². The first kappa shape index (κ1) is 20.3. The van der Waals surface area contributed by atoms with Gasteiger partial charge in [-0.15, -0.1) is 0 Å². The van der Waals surface area contributed by atoms with Crippen molar-refractivity contribution in [1.29, 1.82) is 0 Å². The fourth-order valence-electron chi connectivity index (χ4n) is 4.83. The third-order valence-electron chi connectivity index (χ3n) is 6.48. The van der Waals surface area contributed by atoms with Gasteiger partial charge in [0, 0.05) is 28.5 Å². The zero-order chi connectivity index (χ0) is 23.1. The first-order valence-corrected chi connectivity index (χ1v) is 11.5. The fourth-order valence-corrected chi connectivity index (χ4v) is 4.83. The maximum absolute atomic E-state index is 14.3. The first-order valence-electron chi connectivity index (χ1n) is 11.5. The summed E-state index contributed by atoms with van der Waals surface area (Å²) in [5, 5.41) is 2.08. The van der Waals surface area contributed by atoms with Crippen LogP contribution in [0, 0.1) is 6.92 Å². The number of para-hydroxylation sites is 1. The molecule has 0 aliphatic rings. The number of aryl methyl sites for hydroxylation is 1. The molecule has 2 heterocycles. The molecule has 6 rings (SSSR count). The summed E-state index contributed by atoms with van der Waals surface area (Å²) in [6.45, 7) is 2.70. The Morgan fingerprint density at radius 2 is 1.32 bits per heavy atom. The number of benzene rings is 4. The van der Waals surface area contributed by atoms with Gasteiger partial charge < -0.3 is 4.57 Å². The van der Waals surface area contributed by atoms with Gasteiger partial charge in [-0.2, -0.15) is 0 Å². The van der Waals surface area contributed by atoms with Crippen LogP contribution in [0.4, 0.5) is 0 Å². The molecule has 0 bridgehead atoms. The lowest BCUT2D eigenvalue weighted by molar-refractivity contribution is 0.855. The maximum Gasteiger partial charge on any atom is 0.280 e. The van der Waals surface area contributed by atoms with Crippen LogP contribution in [0.15, 0.2) is 120 Å². The average molecular weight is 441 g/mol. The monoisotopic (exact) mass is 440 g/mol. The van der Waals surface area contributed by atoms with Crippen LogP contribution in [0.3, 0.4) is 0 Å². The van der Waals surface area contributed by atoms with Crippen molar-refractivity contribution in [2.45, 2.75) is 13.5 Å². The van der Waals surface area contributed by atoms with Crippen LogP contribution in [0.25, 0.3) is 38.8 Å². The number of rotatable bonds is 4. The van der Waals surface area contributed by atoms with Gasteiger partial charge in [-0.25, -0.2) is 0 Å². The highest BCUT2D eigenvalue weighted by atomic mass is 16.1. The highest BCUT2D eigenvalue weighted by molar-refractivity contribution is 6.09. The predicted molar refractivity (Wildman–Crippen MR) is 141 cm³/mol. The van der Waals surface area contributed by atoms with Crippen molar-refractivity contribution in [3.63, 3.8) is 0 Å². The summed E-state index contributed by atoms with van der Waals surface area (Å²) in [6, 6.07) is 39.1. The summed E-state index contributed by atoms with van der Waals surface area (Å²) in [5.74, 6) is 0. The summed E-state index contributed by atoms with van der Waals surface area (Å²) in [6.07, 6.45) is 0. The Morgan fingerprint density at radius 1 is 0.676 bits per heavy atom. The second-order valence-corrected chi connectivity index (χ2v) is 8.72. The molecule has 3 heteroatoms. The number of fused-ring (bicyclic) bond motifs is 3. The fraction of sp³-hybridized carbons (Fsp3) is 0.0645. The van der Waals surface area contributed by atoms with Gasteiger partial charge in [-0.3, -0.25) is 9.36 Å². The molecule has 0 radical (unpaired) electrons. The van der Waals surface area contributed by atoms with Crippen LogP contribution >= 0.6 is 0 Å². The number of hydrogen-bond acceptors (Lipinski definition) is 1. The molecular weight excluding hydrogens is 416 g/mol. The smallest absolute Gasteiger partial charge is 0.280 e. The molecule has 6 aromatic rings. The Bertz CT molecular complexity index is 1680. The number of hydrogen-bond donors (Lipinski definition) is 0. The van der Waals surface area contributed by atoms with Crippen molar-refractivity contribution in [1.82, 2.24) is 9.13 Å². The van der Waals surface area contributed by atoms with Crippen molar-refractivity contribution in [3.8, 4) is 16.9 Å². The minimum atomic E-state index is -0.00710. The van der Waals surface area contributed by atoms with Crippen LogP contribution in [0.5, 0.6) is 0 Å². The highest BCUT2D eigenvalue weighted by Gasteiger charge is 2.19. The molecule has 0 unspecified atom stereocenters. The first-order chi connectivity index (χ1) is 16.7. The summed E-state index contributed by atoms with van der Waals surface area (Å²) in [4.78, 5) is 14.3. The molecular formula is C31H24N2O. The minimum Gasteiger partial charge on any atom is -0.331 e. The standard InChI is InChI=1S/C31H24N2O/c1-22-16-18-25(19-17-22)33-29(24-12-6-3-7-13-24)20-27-26-14-8-9-15-28(26)32(30(27)31(33)34)21-23-10-4-2-5-11-23/h2-20H,21H2,1H3. The molecule has 0 fully saturated rings. The predicted octanol–water partition coefficient (Wildman–Crippen LogP) is 6.97. The zero-order valence-electron chi connectivity index (χ0n) is 19.0. The Balaban J connectivity index is 1.74. The third-order valence-corrected chi connectivity index (χ3v) is 6.48. The average Bonchev–Trinajstić information content (AvgIpc) is 3.19. The van der Waals surface area contributed by atoms with Crippen LogP contribution in [0.2, 0.25) is 0 Å². The molecule has 0 atom stereocenters. The maximum atomic E-state index is 14.3. The molecule has 0 aliphatic carbocycles. The van der Waals surface area contributed by atoms with Crippen molar-refractivity contribution in [2.24, 2.45) is 0 Å². The van der Waals surface area contributed by atoms with Crippen molar-refractivity contribution in [2.75, 3.05) is 0 Å². The zero-order valence-corrected chi connectivity index (χ0v) is 19.0. The van der Waals surface area contributed by atoms with Gasteiger partial charge in [-0.1, -0.05) is 96.6 Å². The van der Waals surface area contributed by atoms with Crippen LogP contribution in [-0.4, -0.2) is 9.13 Å². The van der Waals surface area contributed by atoms with E-state index in [2.05, 4.69) is 66.1 Å². The lowest BCUT2D eigenvalue weighted by atomic mass is 10.1. The summed E-state index contributed by atoms with van der Waals surface area (Å²) in [5.41, 5.74) is 6.90. The third kappa shape index (κ3) is 3.34. The minimum absolute atomic E-state index is 0.00710. The van der Waals surface area contributed by atoms with E-state index in [1.165, 1.54) is 5.56 Å². The normalized spacial score (nSPS) is 11.3. The molecule has 0 amide bonds. The van der Waals surface area contributed by atoms with Gasteiger partial charge in [-0.05, 0) is 42.3 Å². The molecule has 0 saturated carbocycles. The topological polar surface area (TPSA) is 26.9 Å². The van der Waals surface area contributed by atoms with Crippen LogP contribution in [-0.2, 0) is 6.54 Å². The van der Waals surface area contributed by atoms with E-state index in [1.54, 1.807) is 0 Å². The van der Waals surface area contributed by atoms with Gasteiger partial charge in [0.05, 0.1) is 5.69 Å².